The first kappa shape index (κ1) is 20.7. The molecule has 0 radical (unpaired) electrons. The van der Waals surface area contributed by atoms with Crippen LogP contribution in [0.15, 0.2) is 44.9 Å². The minimum Gasteiger partial charge on any atom is -0.733 e. The van der Waals surface area contributed by atoms with Crippen LogP contribution in [-0.4, -0.2) is 22.9 Å². The molecule has 0 amide bonds. The molecule has 29 heavy (non-hydrogen) atoms. The highest BCUT2D eigenvalue weighted by molar-refractivity contribution is 6.31. The van der Waals surface area contributed by atoms with Crippen molar-refractivity contribution in [2.75, 3.05) is 11.8 Å². The van der Waals surface area contributed by atoms with E-state index in [4.69, 9.17) is 31.2 Å². The summed E-state index contributed by atoms with van der Waals surface area (Å²) in [6.45, 7) is 1.01. The molecule has 0 saturated heterocycles. The van der Waals surface area contributed by atoms with Crippen molar-refractivity contribution >= 4 is 23.3 Å². The highest BCUT2D eigenvalue weighted by Crippen LogP contribution is 2.44. The van der Waals surface area contributed by atoms with Crippen LogP contribution in [0.1, 0.15) is 29.9 Å². The third-order valence-electron chi connectivity index (χ3n) is 4.17. The Labute approximate surface area is 168 Å². The number of ether oxygens (including phenoxy) is 2. The number of nitrogens with two attached hydrogens (primary N) is 1. The van der Waals surface area contributed by atoms with Crippen molar-refractivity contribution in [3.63, 3.8) is 0 Å². The van der Waals surface area contributed by atoms with E-state index >= 15 is 0 Å². The van der Waals surface area contributed by atoms with Gasteiger partial charge >= 0.3 is 5.97 Å². The van der Waals surface area contributed by atoms with Gasteiger partial charge in [0.05, 0.1) is 18.2 Å². The summed E-state index contributed by atoms with van der Waals surface area (Å²) in [6.07, 6.45) is 0. The fourth-order valence-corrected chi connectivity index (χ4v) is 3.18. The number of hydrogen-bond acceptors (Lipinski definition) is 10. The van der Waals surface area contributed by atoms with Gasteiger partial charge < -0.3 is 35.2 Å². The second kappa shape index (κ2) is 8.13. The molecule has 0 fully saturated rings. The lowest BCUT2D eigenvalue weighted by Gasteiger charge is -2.29. The van der Waals surface area contributed by atoms with E-state index in [-0.39, 0.29) is 45.7 Å². The van der Waals surface area contributed by atoms with Crippen LogP contribution in [0.5, 0.6) is 5.75 Å². The Bertz CT molecular complexity index is 1050. The molecule has 0 spiro atoms. The third-order valence-corrected chi connectivity index (χ3v) is 4.52. The summed E-state index contributed by atoms with van der Waals surface area (Å²) >= 11 is 6.28. The average Bonchev–Trinajstić information content (AvgIpc) is 2.68. The Morgan fingerprint density at radius 1 is 1.41 bits per heavy atom. The molecule has 0 bridgehead atoms. The van der Waals surface area contributed by atoms with Crippen LogP contribution < -0.4 is 21.1 Å². The molecule has 10 nitrogen and oxygen atoms in total. The van der Waals surface area contributed by atoms with E-state index in [2.05, 4.69) is 0 Å². The number of nitrogens with zero attached hydrogens (tertiary/aromatic N) is 1. The summed E-state index contributed by atoms with van der Waals surface area (Å²) in [7, 11) is 0. The van der Waals surface area contributed by atoms with Gasteiger partial charge in [-0.05, 0) is 30.7 Å². The van der Waals surface area contributed by atoms with Crippen LogP contribution >= 0.6 is 11.6 Å². The first-order chi connectivity index (χ1) is 13.8. The van der Waals surface area contributed by atoms with Crippen LogP contribution in [0.25, 0.3) is 0 Å². The van der Waals surface area contributed by atoms with Gasteiger partial charge in [-0.1, -0.05) is 11.6 Å². The maximum absolute atomic E-state index is 12.6. The molecule has 0 aliphatic carbocycles. The number of halogens is 1. The quantitative estimate of drug-likeness (QED) is 0.477. The first-order valence-corrected chi connectivity index (χ1v) is 8.74. The second-order valence-corrected chi connectivity index (χ2v) is 6.35. The molecular weight excluding hydrogens is 408 g/mol. The molecule has 11 heteroatoms. The van der Waals surface area contributed by atoms with E-state index in [1.807, 2.05) is 0 Å². The van der Waals surface area contributed by atoms with Gasteiger partial charge in [-0.15, -0.1) is 0 Å². The SMILES string of the molecule is CCOC(=O)C1=C(N)Oc2c(oc(CO)cc2=O)[C@H]1c1cc(N([O-])O)ccc1Cl. The van der Waals surface area contributed by atoms with Gasteiger partial charge in [0.25, 0.3) is 0 Å². The molecule has 1 atom stereocenters. The van der Waals surface area contributed by atoms with Gasteiger partial charge in [-0.25, -0.2) is 4.79 Å². The number of rotatable bonds is 5. The zero-order valence-electron chi connectivity index (χ0n) is 15.0. The molecule has 1 aromatic carbocycles. The lowest BCUT2D eigenvalue weighted by Crippen LogP contribution is -2.30. The number of anilines is 1. The van der Waals surface area contributed by atoms with Crippen LogP contribution in [0.4, 0.5) is 5.69 Å². The number of benzene rings is 1. The van der Waals surface area contributed by atoms with E-state index < -0.39 is 35.0 Å². The molecule has 1 aromatic heterocycles. The zero-order chi connectivity index (χ0) is 21.3. The van der Waals surface area contributed by atoms with Gasteiger partial charge in [-0.3, -0.25) is 10.0 Å². The van der Waals surface area contributed by atoms with E-state index in [0.717, 1.165) is 6.07 Å². The highest BCUT2D eigenvalue weighted by Gasteiger charge is 2.40. The smallest absolute Gasteiger partial charge is 0.340 e. The summed E-state index contributed by atoms with van der Waals surface area (Å²) < 4.78 is 15.9. The summed E-state index contributed by atoms with van der Waals surface area (Å²) in [5, 5.41) is 29.7. The zero-order valence-corrected chi connectivity index (χ0v) is 15.8. The summed E-state index contributed by atoms with van der Waals surface area (Å²) in [5.41, 5.74) is 4.96. The first-order valence-electron chi connectivity index (χ1n) is 8.36. The van der Waals surface area contributed by atoms with Crippen molar-refractivity contribution < 1.29 is 29.0 Å². The summed E-state index contributed by atoms with van der Waals surface area (Å²) in [5.74, 6) is -3.03. The Morgan fingerprint density at radius 2 is 2.14 bits per heavy atom. The molecule has 4 N–H and O–H groups in total. The summed E-state index contributed by atoms with van der Waals surface area (Å²) in [4.78, 5) is 25.0. The third kappa shape index (κ3) is 3.78. The maximum Gasteiger partial charge on any atom is 0.340 e. The van der Waals surface area contributed by atoms with Crippen molar-refractivity contribution in [1.82, 2.24) is 0 Å². The van der Waals surface area contributed by atoms with Crippen molar-refractivity contribution in [3.05, 3.63) is 73.3 Å². The number of fused-ring (bicyclic) bond motifs is 1. The molecule has 0 unspecified atom stereocenters. The van der Waals surface area contributed by atoms with Crippen LogP contribution in [0.2, 0.25) is 5.02 Å². The fraction of sp³-hybridized carbons (Fsp3) is 0.222. The Kier molecular flexibility index (Phi) is 5.80. The molecule has 1 aliphatic rings. The van der Waals surface area contributed by atoms with Crippen LogP contribution in [0.3, 0.4) is 0 Å². The second-order valence-electron chi connectivity index (χ2n) is 5.94. The number of aliphatic hydroxyl groups is 1. The van der Waals surface area contributed by atoms with Crippen molar-refractivity contribution in [1.29, 1.82) is 0 Å². The molecular formula is C18H16ClN2O8-. The highest BCUT2D eigenvalue weighted by atomic mass is 35.5. The van der Waals surface area contributed by atoms with E-state index in [1.165, 1.54) is 18.2 Å². The fourth-order valence-electron chi connectivity index (χ4n) is 2.95. The van der Waals surface area contributed by atoms with E-state index in [1.54, 1.807) is 6.92 Å². The lowest BCUT2D eigenvalue weighted by molar-refractivity contribution is -0.139. The van der Waals surface area contributed by atoms with Gasteiger partial charge in [0, 0.05) is 11.1 Å². The predicted molar refractivity (Wildman–Crippen MR) is 100 cm³/mol. The number of carbonyl (C=O) groups excluding carboxylic acids is 1. The van der Waals surface area contributed by atoms with Gasteiger partial charge in [-0.2, -0.15) is 0 Å². The summed E-state index contributed by atoms with van der Waals surface area (Å²) in [6, 6.07) is 4.78. The maximum atomic E-state index is 12.6. The Hall–Kier alpha value is -3.05. The van der Waals surface area contributed by atoms with Crippen molar-refractivity contribution in [2.45, 2.75) is 19.4 Å². The van der Waals surface area contributed by atoms with Crippen molar-refractivity contribution in [2.24, 2.45) is 5.73 Å². The topological polar surface area (TPSA) is 159 Å². The van der Waals surface area contributed by atoms with Gasteiger partial charge in [0.1, 0.15) is 17.9 Å². The lowest BCUT2D eigenvalue weighted by atomic mass is 9.86. The number of esters is 1. The monoisotopic (exact) mass is 423 g/mol. The molecule has 0 saturated carbocycles. The molecule has 3 rings (SSSR count). The Morgan fingerprint density at radius 3 is 2.76 bits per heavy atom. The molecule has 154 valence electrons. The standard InChI is InChI=1S/C18H16ClN2O8/c1-2-27-18(24)14-13(10-5-8(21(25)26)3-4-11(10)19)16-15(29-17(14)20)12(23)6-9(7-22)28-16/h3-6,13,22,25H,2,7,20H2,1H3/q-1/t13-/m0/s1. The number of carbonyl (C=O) groups is 1. The largest absolute Gasteiger partial charge is 0.733 e. The average molecular weight is 424 g/mol. The number of aliphatic hydroxyl groups excluding tert-OH is 1. The normalized spacial score (nSPS) is 15.6. The van der Waals surface area contributed by atoms with Crippen LogP contribution in [0, 0.1) is 5.21 Å². The Balaban J connectivity index is 2.33. The van der Waals surface area contributed by atoms with Gasteiger partial charge in [0.2, 0.25) is 17.1 Å². The molecule has 1 aliphatic heterocycles. The van der Waals surface area contributed by atoms with Crippen molar-refractivity contribution in [3.8, 4) is 5.75 Å². The van der Waals surface area contributed by atoms with Gasteiger partial charge in [0.15, 0.2) is 5.76 Å². The van der Waals surface area contributed by atoms with Crippen LogP contribution in [-0.2, 0) is 16.1 Å². The molecule has 2 heterocycles. The van der Waals surface area contributed by atoms with E-state index in [0.29, 0.717) is 0 Å². The predicted octanol–water partition coefficient (Wildman–Crippen LogP) is 1.74. The van der Waals surface area contributed by atoms with E-state index in [9.17, 15) is 25.1 Å². The molecule has 2 aromatic rings. The minimum absolute atomic E-state index is 0.0224. The minimum atomic E-state index is -1.20. The number of hydrogen-bond donors (Lipinski definition) is 3.